The van der Waals surface area contributed by atoms with E-state index in [9.17, 15) is 18.5 Å². The number of nitrogens with one attached hydrogen (secondary N) is 1. The van der Waals surface area contributed by atoms with Crippen molar-refractivity contribution in [1.82, 2.24) is 0 Å². The molecule has 0 amide bonds. The predicted molar refractivity (Wildman–Crippen MR) is 91.0 cm³/mol. The van der Waals surface area contributed by atoms with Crippen LogP contribution in [-0.4, -0.2) is 33.3 Å². The fourth-order valence-electron chi connectivity index (χ4n) is 2.33. The largest absolute Gasteiger partial charge is 0.492 e. The number of nitrogens with two attached hydrogens (primary N) is 1. The zero-order chi connectivity index (χ0) is 18.7. The second-order valence-corrected chi connectivity index (χ2v) is 6.80. The quantitative estimate of drug-likeness (QED) is 0.417. The van der Waals surface area contributed by atoms with Crippen LogP contribution in [0, 0.1) is 10.1 Å². The summed E-state index contributed by atoms with van der Waals surface area (Å²) in [4.78, 5) is 9.75. The van der Waals surface area contributed by atoms with Crippen LogP contribution >= 0.6 is 0 Å². The van der Waals surface area contributed by atoms with Crippen LogP contribution in [0.3, 0.4) is 0 Å². The molecule has 0 atom stereocenters. The number of nitro benzene ring substituents is 1. The predicted octanol–water partition coefficient (Wildman–Crippen LogP) is 1.46. The van der Waals surface area contributed by atoms with Gasteiger partial charge < -0.3 is 19.5 Å². The second kappa shape index (κ2) is 7.06. The Morgan fingerprint density at radius 2 is 1.96 bits per heavy atom. The first-order chi connectivity index (χ1) is 12.3. The van der Waals surface area contributed by atoms with Crippen molar-refractivity contribution in [3.63, 3.8) is 0 Å². The molecule has 0 spiro atoms. The molecule has 0 radical (unpaired) electrons. The maximum Gasteiger partial charge on any atom is 0.270 e. The Morgan fingerprint density at radius 3 is 2.69 bits per heavy atom. The van der Waals surface area contributed by atoms with Gasteiger partial charge in [-0.25, -0.2) is 13.6 Å². The van der Waals surface area contributed by atoms with Gasteiger partial charge in [0, 0.05) is 24.7 Å². The summed E-state index contributed by atoms with van der Waals surface area (Å²) >= 11 is 0. The summed E-state index contributed by atoms with van der Waals surface area (Å²) in [5.74, 6) is 1.79. The molecular weight excluding hydrogens is 366 g/mol. The Labute approximate surface area is 148 Å². The first kappa shape index (κ1) is 17.8. The van der Waals surface area contributed by atoms with E-state index < -0.39 is 14.9 Å². The van der Waals surface area contributed by atoms with Crippen molar-refractivity contribution in [2.45, 2.75) is 4.90 Å². The monoisotopic (exact) mass is 381 g/mol. The highest BCUT2D eigenvalue weighted by atomic mass is 32.2. The molecule has 10 nitrogen and oxygen atoms in total. The van der Waals surface area contributed by atoms with Gasteiger partial charge in [0.25, 0.3) is 5.69 Å². The molecule has 11 heteroatoms. The summed E-state index contributed by atoms with van der Waals surface area (Å²) in [6.07, 6.45) is 0. The van der Waals surface area contributed by atoms with E-state index in [0.717, 1.165) is 6.07 Å². The third kappa shape index (κ3) is 3.95. The van der Waals surface area contributed by atoms with Crippen molar-refractivity contribution in [2.24, 2.45) is 5.14 Å². The minimum Gasteiger partial charge on any atom is -0.492 e. The number of sulfonamides is 1. The van der Waals surface area contributed by atoms with Crippen molar-refractivity contribution < 1.29 is 27.6 Å². The second-order valence-electron chi connectivity index (χ2n) is 5.27. The maximum atomic E-state index is 11.6. The first-order valence-corrected chi connectivity index (χ1v) is 8.97. The van der Waals surface area contributed by atoms with Gasteiger partial charge in [-0.2, -0.15) is 0 Å². The lowest BCUT2D eigenvalue weighted by Crippen LogP contribution is -2.18. The van der Waals surface area contributed by atoms with E-state index in [1.807, 2.05) is 0 Å². The number of rotatable bonds is 7. The Kier molecular flexibility index (Phi) is 4.82. The number of anilines is 1. The standard InChI is InChI=1S/C15H15N3O7S/c16-26(21,22)15-7-10(18(19)20)1-3-12(15)17-5-6-23-11-2-4-13-14(8-11)25-9-24-13/h1-4,7-8,17H,5-6,9H2,(H2,16,21,22). The van der Waals surface area contributed by atoms with Crippen molar-refractivity contribution in [2.75, 3.05) is 25.3 Å². The molecule has 0 fully saturated rings. The Bertz CT molecular complexity index is 946. The molecule has 3 rings (SSSR count). The molecule has 0 aromatic heterocycles. The van der Waals surface area contributed by atoms with Crippen LogP contribution in [0.5, 0.6) is 17.2 Å². The van der Waals surface area contributed by atoms with E-state index in [4.69, 9.17) is 19.3 Å². The van der Waals surface area contributed by atoms with Crippen molar-refractivity contribution >= 4 is 21.4 Å². The Morgan fingerprint density at radius 1 is 1.19 bits per heavy atom. The number of ether oxygens (including phenoxy) is 3. The lowest BCUT2D eigenvalue weighted by atomic mass is 10.3. The van der Waals surface area contributed by atoms with Crippen molar-refractivity contribution in [3.8, 4) is 17.2 Å². The average molecular weight is 381 g/mol. The van der Waals surface area contributed by atoms with Crippen LogP contribution in [0.25, 0.3) is 0 Å². The third-order valence-electron chi connectivity index (χ3n) is 3.51. The summed E-state index contributed by atoms with van der Waals surface area (Å²) in [5, 5.41) is 18.8. The van der Waals surface area contributed by atoms with Crippen LogP contribution in [0.2, 0.25) is 0 Å². The highest BCUT2D eigenvalue weighted by molar-refractivity contribution is 7.89. The van der Waals surface area contributed by atoms with E-state index in [2.05, 4.69) is 5.32 Å². The highest BCUT2D eigenvalue weighted by Crippen LogP contribution is 2.35. The summed E-state index contributed by atoms with van der Waals surface area (Å²) in [6.45, 7) is 0.617. The molecule has 138 valence electrons. The van der Waals surface area contributed by atoms with Crippen molar-refractivity contribution in [1.29, 1.82) is 0 Å². The van der Waals surface area contributed by atoms with Gasteiger partial charge >= 0.3 is 0 Å². The van der Waals surface area contributed by atoms with Gasteiger partial charge in [0.2, 0.25) is 16.8 Å². The fourth-order valence-corrected chi connectivity index (χ4v) is 3.06. The van der Waals surface area contributed by atoms with E-state index in [-0.39, 0.29) is 36.2 Å². The van der Waals surface area contributed by atoms with Crippen LogP contribution in [0.15, 0.2) is 41.3 Å². The van der Waals surface area contributed by atoms with Crippen molar-refractivity contribution in [3.05, 3.63) is 46.5 Å². The third-order valence-corrected chi connectivity index (χ3v) is 4.46. The summed E-state index contributed by atoms with van der Waals surface area (Å²) in [7, 11) is -4.12. The number of fused-ring (bicyclic) bond motifs is 1. The van der Waals surface area contributed by atoms with Crippen LogP contribution in [0.4, 0.5) is 11.4 Å². The lowest BCUT2D eigenvalue weighted by molar-refractivity contribution is -0.385. The van der Waals surface area contributed by atoms with Crippen LogP contribution in [-0.2, 0) is 10.0 Å². The molecule has 0 unspecified atom stereocenters. The van der Waals surface area contributed by atoms with Crippen LogP contribution < -0.4 is 24.7 Å². The van der Waals surface area contributed by atoms with E-state index in [0.29, 0.717) is 17.2 Å². The Balaban J connectivity index is 1.63. The van der Waals surface area contributed by atoms with E-state index >= 15 is 0 Å². The number of primary sulfonamides is 1. The molecule has 0 bridgehead atoms. The zero-order valence-corrected chi connectivity index (χ0v) is 14.2. The van der Waals surface area contributed by atoms with Gasteiger partial charge in [-0.1, -0.05) is 0 Å². The molecule has 0 saturated heterocycles. The maximum absolute atomic E-state index is 11.6. The van der Waals surface area contributed by atoms with Gasteiger partial charge in [0.1, 0.15) is 17.3 Å². The van der Waals surface area contributed by atoms with Crippen LogP contribution in [0.1, 0.15) is 0 Å². The molecule has 0 aliphatic carbocycles. The topological polar surface area (TPSA) is 143 Å². The molecule has 1 heterocycles. The first-order valence-electron chi connectivity index (χ1n) is 7.42. The minimum atomic E-state index is -4.12. The summed E-state index contributed by atoms with van der Waals surface area (Å²) in [5.41, 5.74) is -0.205. The number of benzene rings is 2. The zero-order valence-electron chi connectivity index (χ0n) is 13.4. The molecule has 2 aromatic carbocycles. The molecule has 1 aliphatic heterocycles. The summed E-state index contributed by atoms with van der Waals surface area (Å²) < 4.78 is 39.3. The number of hydrogen-bond acceptors (Lipinski definition) is 8. The number of nitrogens with zero attached hydrogens (tertiary/aromatic N) is 1. The van der Waals surface area contributed by atoms with Gasteiger partial charge in [-0.15, -0.1) is 0 Å². The fraction of sp³-hybridized carbons (Fsp3) is 0.200. The number of nitro groups is 1. The van der Waals surface area contributed by atoms with Gasteiger partial charge in [0.15, 0.2) is 11.5 Å². The number of non-ortho nitro benzene ring substituents is 1. The molecule has 2 aromatic rings. The summed E-state index contributed by atoms with van der Waals surface area (Å²) in [6, 6.07) is 8.52. The van der Waals surface area contributed by atoms with E-state index in [1.165, 1.54) is 12.1 Å². The highest BCUT2D eigenvalue weighted by Gasteiger charge is 2.19. The smallest absolute Gasteiger partial charge is 0.270 e. The van der Waals surface area contributed by atoms with E-state index in [1.54, 1.807) is 18.2 Å². The minimum absolute atomic E-state index is 0.160. The molecule has 0 saturated carbocycles. The molecule has 26 heavy (non-hydrogen) atoms. The molecule has 1 aliphatic rings. The lowest BCUT2D eigenvalue weighted by Gasteiger charge is -2.12. The van der Waals surface area contributed by atoms with Gasteiger partial charge in [-0.3, -0.25) is 10.1 Å². The molecule has 3 N–H and O–H groups in total. The van der Waals surface area contributed by atoms with Gasteiger partial charge in [0.05, 0.1) is 10.6 Å². The SMILES string of the molecule is NS(=O)(=O)c1cc([N+](=O)[O-])ccc1NCCOc1ccc2c(c1)OCO2. The normalized spacial score (nSPS) is 12.7. The Hall–Kier alpha value is -3.05. The average Bonchev–Trinajstić information content (AvgIpc) is 3.05. The molecular formula is C15H15N3O7S. The number of hydrogen-bond donors (Lipinski definition) is 2. The van der Waals surface area contributed by atoms with Gasteiger partial charge in [-0.05, 0) is 18.2 Å².